The quantitative estimate of drug-likeness (QED) is 0.712. The van der Waals surface area contributed by atoms with E-state index in [0.717, 1.165) is 0 Å². The van der Waals surface area contributed by atoms with Crippen LogP contribution in [-0.2, 0) is 6.18 Å². The maximum absolute atomic E-state index is 12.5. The summed E-state index contributed by atoms with van der Waals surface area (Å²) in [5, 5.41) is 0.0144. The van der Waals surface area contributed by atoms with E-state index in [2.05, 4.69) is 4.98 Å². The van der Waals surface area contributed by atoms with Crippen molar-refractivity contribution in [3.8, 4) is 0 Å². The second kappa shape index (κ2) is 3.32. The first-order valence-corrected chi connectivity index (χ1v) is 4.69. The molecule has 0 unspecified atom stereocenters. The highest BCUT2D eigenvalue weighted by atomic mass is 35.5. The molecule has 0 spiro atoms. The molecule has 80 valence electrons. The van der Waals surface area contributed by atoms with E-state index in [-0.39, 0.29) is 20.9 Å². The minimum Gasteiger partial charge on any atom is -0.350 e. The number of nitrogens with one attached hydrogen (secondary N) is 1. The maximum Gasteiger partial charge on any atom is 0.432 e. The van der Waals surface area contributed by atoms with Crippen LogP contribution in [0.5, 0.6) is 0 Å². The molecular weight excluding hydrogens is 250 g/mol. The van der Waals surface area contributed by atoms with E-state index in [0.29, 0.717) is 0 Å². The van der Waals surface area contributed by atoms with Gasteiger partial charge in [0, 0.05) is 10.9 Å². The molecule has 6 heteroatoms. The highest BCUT2D eigenvalue weighted by Crippen LogP contribution is 2.40. The van der Waals surface area contributed by atoms with Crippen LogP contribution in [0.25, 0.3) is 10.9 Å². The van der Waals surface area contributed by atoms with Gasteiger partial charge >= 0.3 is 6.18 Å². The second-order valence-corrected chi connectivity index (χ2v) is 3.76. The molecule has 0 amide bonds. The number of aromatic amines is 1. The Bertz CT molecular complexity index is 516. The monoisotopic (exact) mass is 253 g/mol. The summed E-state index contributed by atoms with van der Waals surface area (Å²) in [5.74, 6) is 0. The third-order valence-electron chi connectivity index (χ3n) is 2.00. The summed E-state index contributed by atoms with van der Waals surface area (Å²) < 4.78 is 37.4. The van der Waals surface area contributed by atoms with Crippen LogP contribution < -0.4 is 0 Å². The van der Waals surface area contributed by atoms with Gasteiger partial charge in [0.05, 0.1) is 10.0 Å². The maximum atomic E-state index is 12.5. The summed E-state index contributed by atoms with van der Waals surface area (Å²) in [7, 11) is 0. The molecule has 0 fully saturated rings. The van der Waals surface area contributed by atoms with Crippen LogP contribution in [0.3, 0.4) is 0 Å². The van der Waals surface area contributed by atoms with Crippen LogP contribution in [0.2, 0.25) is 10.0 Å². The molecule has 0 atom stereocenters. The van der Waals surface area contributed by atoms with Gasteiger partial charge in [-0.25, -0.2) is 0 Å². The number of fused-ring (bicyclic) bond motifs is 1. The van der Waals surface area contributed by atoms with Crippen molar-refractivity contribution >= 4 is 34.1 Å². The molecule has 0 aliphatic carbocycles. The number of hydrogen-bond acceptors (Lipinski definition) is 0. The first-order chi connectivity index (χ1) is 6.91. The fraction of sp³-hybridized carbons (Fsp3) is 0.111. The lowest BCUT2D eigenvalue weighted by molar-refractivity contribution is -0.140. The number of halogens is 5. The molecule has 1 nitrogen and oxygen atoms in total. The largest absolute Gasteiger partial charge is 0.432 e. The van der Waals surface area contributed by atoms with Crippen LogP contribution in [-0.4, -0.2) is 4.98 Å². The zero-order valence-electron chi connectivity index (χ0n) is 7.12. The smallest absolute Gasteiger partial charge is 0.350 e. The molecule has 1 aromatic carbocycles. The van der Waals surface area contributed by atoms with Gasteiger partial charge in [0.15, 0.2) is 0 Å². The van der Waals surface area contributed by atoms with Crippen molar-refractivity contribution in [1.82, 2.24) is 4.98 Å². The first-order valence-electron chi connectivity index (χ1n) is 3.94. The minimum absolute atomic E-state index is 0.198. The normalized spacial score (nSPS) is 12.3. The van der Waals surface area contributed by atoms with Crippen molar-refractivity contribution in [3.63, 3.8) is 0 Å². The third kappa shape index (κ3) is 1.68. The molecule has 1 aromatic heterocycles. The summed E-state index contributed by atoms with van der Waals surface area (Å²) in [6.07, 6.45) is -4.50. The van der Waals surface area contributed by atoms with Crippen LogP contribution in [0.15, 0.2) is 18.2 Å². The molecule has 0 bridgehead atoms. The molecule has 15 heavy (non-hydrogen) atoms. The molecule has 0 aliphatic rings. The van der Waals surface area contributed by atoms with Gasteiger partial charge in [-0.1, -0.05) is 29.3 Å². The number of H-pyrrole nitrogens is 1. The highest BCUT2D eigenvalue weighted by Gasteiger charge is 2.36. The molecule has 1 N–H and O–H groups in total. The zero-order chi connectivity index (χ0) is 11.2. The second-order valence-electron chi connectivity index (χ2n) is 2.97. The lowest BCUT2D eigenvalue weighted by Gasteiger charge is -2.02. The molecule has 0 aliphatic heterocycles. The molecular formula is C9H4Cl2F3N. The molecule has 0 radical (unpaired) electrons. The highest BCUT2D eigenvalue weighted by molar-refractivity contribution is 6.42. The van der Waals surface area contributed by atoms with E-state index in [1.54, 1.807) is 6.07 Å². The molecule has 0 saturated heterocycles. The number of rotatable bonds is 0. The fourth-order valence-corrected chi connectivity index (χ4v) is 2.04. The average Bonchev–Trinajstić information content (AvgIpc) is 2.44. The fourth-order valence-electron chi connectivity index (χ4n) is 1.36. The Morgan fingerprint density at radius 3 is 2.33 bits per heavy atom. The average molecular weight is 254 g/mol. The van der Waals surface area contributed by atoms with E-state index in [1.165, 1.54) is 12.1 Å². The van der Waals surface area contributed by atoms with E-state index >= 15 is 0 Å². The van der Waals surface area contributed by atoms with Gasteiger partial charge in [-0.3, -0.25) is 0 Å². The Morgan fingerprint density at radius 1 is 1.13 bits per heavy atom. The van der Waals surface area contributed by atoms with Crippen LogP contribution >= 0.6 is 23.2 Å². The summed E-state index contributed by atoms with van der Waals surface area (Å²) in [6.45, 7) is 0. The van der Waals surface area contributed by atoms with E-state index < -0.39 is 11.9 Å². The van der Waals surface area contributed by atoms with Gasteiger partial charge in [0.1, 0.15) is 5.69 Å². The van der Waals surface area contributed by atoms with Crippen molar-refractivity contribution in [3.05, 3.63) is 33.9 Å². The number of aromatic nitrogens is 1. The van der Waals surface area contributed by atoms with Crippen molar-refractivity contribution < 1.29 is 13.2 Å². The Balaban J connectivity index is 2.82. The number of hydrogen-bond donors (Lipinski definition) is 1. The standard InChI is InChI=1S/C9H4Cl2F3N/c10-4-2-1-3-5-6(4)7(11)8(15-5)9(12,13)14/h1-3,15H. The number of alkyl halides is 3. The summed E-state index contributed by atoms with van der Waals surface area (Å²) >= 11 is 11.4. The topological polar surface area (TPSA) is 15.8 Å². The van der Waals surface area contributed by atoms with Crippen molar-refractivity contribution in [2.75, 3.05) is 0 Å². The van der Waals surface area contributed by atoms with Gasteiger partial charge < -0.3 is 4.98 Å². The summed E-state index contributed by atoms with van der Waals surface area (Å²) in [5.41, 5.74) is -0.688. The van der Waals surface area contributed by atoms with Gasteiger partial charge in [-0.15, -0.1) is 0 Å². The number of benzene rings is 1. The molecule has 2 aromatic rings. The lowest BCUT2D eigenvalue weighted by atomic mass is 10.2. The van der Waals surface area contributed by atoms with Gasteiger partial charge in [0.25, 0.3) is 0 Å². The molecule has 2 rings (SSSR count). The van der Waals surface area contributed by atoms with Gasteiger partial charge in [0.2, 0.25) is 0 Å². The van der Waals surface area contributed by atoms with Gasteiger partial charge in [-0.05, 0) is 12.1 Å². The predicted molar refractivity (Wildman–Crippen MR) is 53.3 cm³/mol. The predicted octanol–water partition coefficient (Wildman–Crippen LogP) is 4.49. The first kappa shape index (κ1) is 10.6. The van der Waals surface area contributed by atoms with Crippen LogP contribution in [0.4, 0.5) is 13.2 Å². The van der Waals surface area contributed by atoms with Crippen molar-refractivity contribution in [2.45, 2.75) is 6.18 Å². The van der Waals surface area contributed by atoms with Crippen molar-refractivity contribution in [1.29, 1.82) is 0 Å². The SMILES string of the molecule is FC(F)(F)c1[nH]c2cccc(Cl)c2c1Cl. The summed E-state index contributed by atoms with van der Waals surface area (Å²) in [6, 6.07) is 4.53. The summed E-state index contributed by atoms with van der Waals surface area (Å²) in [4.78, 5) is 2.20. The lowest BCUT2D eigenvalue weighted by Crippen LogP contribution is -2.05. The Labute approximate surface area is 92.8 Å². The Kier molecular flexibility index (Phi) is 2.35. The van der Waals surface area contributed by atoms with Crippen LogP contribution in [0.1, 0.15) is 5.69 Å². The third-order valence-corrected chi connectivity index (χ3v) is 2.69. The van der Waals surface area contributed by atoms with E-state index in [9.17, 15) is 13.2 Å². The van der Waals surface area contributed by atoms with Gasteiger partial charge in [-0.2, -0.15) is 13.2 Å². The van der Waals surface area contributed by atoms with Crippen LogP contribution in [0, 0.1) is 0 Å². The Hall–Kier alpha value is -0.870. The minimum atomic E-state index is -4.50. The Morgan fingerprint density at radius 2 is 1.80 bits per heavy atom. The van der Waals surface area contributed by atoms with Crippen molar-refractivity contribution in [2.24, 2.45) is 0 Å². The van der Waals surface area contributed by atoms with E-state index in [4.69, 9.17) is 23.2 Å². The zero-order valence-corrected chi connectivity index (χ0v) is 8.63. The van der Waals surface area contributed by atoms with E-state index in [1.807, 2.05) is 0 Å². The molecule has 1 heterocycles. The molecule has 0 saturated carbocycles.